The number of aromatic nitrogens is 3. The smallest absolute Gasteiger partial charge is 0.224 e. The minimum atomic E-state index is 0.261. The Morgan fingerprint density at radius 3 is 2.28 bits per heavy atom. The van der Waals surface area contributed by atoms with Crippen LogP contribution in [0, 0.1) is 0 Å². The van der Waals surface area contributed by atoms with Gasteiger partial charge in [-0.25, -0.2) is 4.98 Å². The van der Waals surface area contributed by atoms with Crippen molar-refractivity contribution in [1.29, 1.82) is 0 Å². The molecule has 0 unspecified atom stereocenters. The largest absolute Gasteiger partial charge is 0.368 e. The number of rotatable bonds is 3. The van der Waals surface area contributed by atoms with Crippen molar-refractivity contribution in [1.82, 2.24) is 15.0 Å². The second-order valence-corrected chi connectivity index (χ2v) is 5.05. The van der Waals surface area contributed by atoms with Gasteiger partial charge in [-0.2, -0.15) is 9.97 Å². The normalized spacial score (nSPS) is 10.9. The molecular formula is C13H16N4S. The molecule has 1 heterocycles. The van der Waals surface area contributed by atoms with E-state index in [-0.39, 0.29) is 5.95 Å². The highest BCUT2D eigenvalue weighted by Gasteiger charge is 2.07. The van der Waals surface area contributed by atoms with Crippen LogP contribution in [0.3, 0.4) is 0 Å². The molecule has 0 saturated heterocycles. The Morgan fingerprint density at radius 2 is 1.72 bits per heavy atom. The van der Waals surface area contributed by atoms with Crippen molar-refractivity contribution in [3.8, 4) is 11.4 Å². The van der Waals surface area contributed by atoms with Gasteiger partial charge in [0.1, 0.15) is 0 Å². The van der Waals surface area contributed by atoms with Gasteiger partial charge in [-0.3, -0.25) is 0 Å². The van der Waals surface area contributed by atoms with E-state index in [4.69, 9.17) is 5.73 Å². The van der Waals surface area contributed by atoms with Crippen LogP contribution in [0.2, 0.25) is 0 Å². The van der Waals surface area contributed by atoms with Crippen LogP contribution in [0.4, 0.5) is 5.95 Å². The van der Waals surface area contributed by atoms with Crippen molar-refractivity contribution in [2.45, 2.75) is 24.9 Å². The molecule has 0 atom stereocenters. The molecule has 0 bridgehead atoms. The van der Waals surface area contributed by atoms with Gasteiger partial charge in [0.25, 0.3) is 0 Å². The van der Waals surface area contributed by atoms with Crippen molar-refractivity contribution in [2.75, 3.05) is 12.0 Å². The predicted octanol–water partition coefficient (Wildman–Crippen LogP) is 2.97. The number of hydrogen-bond donors (Lipinski definition) is 1. The number of anilines is 1. The SMILES string of the molecule is CSc1nc(N)nc(-c2ccc(C(C)C)cc2)n1. The highest BCUT2D eigenvalue weighted by molar-refractivity contribution is 7.98. The molecule has 0 radical (unpaired) electrons. The molecule has 0 aliphatic rings. The summed E-state index contributed by atoms with van der Waals surface area (Å²) >= 11 is 1.46. The molecule has 94 valence electrons. The first-order valence-corrected chi connectivity index (χ1v) is 6.98. The van der Waals surface area contributed by atoms with Gasteiger partial charge in [0.2, 0.25) is 5.95 Å². The summed E-state index contributed by atoms with van der Waals surface area (Å²) < 4.78 is 0. The number of nitrogens with two attached hydrogens (primary N) is 1. The zero-order valence-electron chi connectivity index (χ0n) is 10.7. The van der Waals surface area contributed by atoms with Crippen molar-refractivity contribution in [3.05, 3.63) is 29.8 Å². The second-order valence-electron chi connectivity index (χ2n) is 4.28. The summed E-state index contributed by atoms with van der Waals surface area (Å²) in [6.07, 6.45) is 1.92. The van der Waals surface area contributed by atoms with Crippen LogP contribution in [0.5, 0.6) is 0 Å². The van der Waals surface area contributed by atoms with Crippen molar-refractivity contribution >= 4 is 17.7 Å². The van der Waals surface area contributed by atoms with Crippen LogP contribution in [0.25, 0.3) is 11.4 Å². The van der Waals surface area contributed by atoms with Crippen molar-refractivity contribution in [2.24, 2.45) is 0 Å². The fourth-order valence-corrected chi connectivity index (χ4v) is 1.97. The van der Waals surface area contributed by atoms with Crippen LogP contribution in [0.15, 0.2) is 29.4 Å². The zero-order valence-corrected chi connectivity index (χ0v) is 11.5. The molecule has 18 heavy (non-hydrogen) atoms. The van der Waals surface area contributed by atoms with E-state index in [1.165, 1.54) is 17.3 Å². The maximum Gasteiger partial charge on any atom is 0.224 e. The first-order chi connectivity index (χ1) is 8.60. The predicted molar refractivity (Wildman–Crippen MR) is 75.5 cm³/mol. The molecule has 1 aromatic carbocycles. The Kier molecular flexibility index (Phi) is 3.81. The molecule has 0 fully saturated rings. The molecule has 0 spiro atoms. The molecule has 0 saturated carbocycles. The number of nitrogens with zero attached hydrogens (tertiary/aromatic N) is 3. The average molecular weight is 260 g/mol. The monoisotopic (exact) mass is 260 g/mol. The lowest BCUT2D eigenvalue weighted by Gasteiger charge is -2.07. The van der Waals surface area contributed by atoms with E-state index in [9.17, 15) is 0 Å². The van der Waals surface area contributed by atoms with Gasteiger partial charge in [0.05, 0.1) is 0 Å². The summed E-state index contributed by atoms with van der Waals surface area (Å²) in [6.45, 7) is 4.34. The summed E-state index contributed by atoms with van der Waals surface area (Å²) in [7, 11) is 0. The van der Waals surface area contributed by atoms with Crippen LogP contribution >= 0.6 is 11.8 Å². The van der Waals surface area contributed by atoms with E-state index >= 15 is 0 Å². The first kappa shape index (κ1) is 12.8. The molecule has 1 aromatic heterocycles. The highest BCUT2D eigenvalue weighted by atomic mass is 32.2. The van der Waals surface area contributed by atoms with Gasteiger partial charge in [-0.15, -0.1) is 0 Å². The summed E-state index contributed by atoms with van der Waals surface area (Å²) in [5.74, 6) is 1.41. The molecule has 2 aromatic rings. The van der Waals surface area contributed by atoms with Gasteiger partial charge < -0.3 is 5.73 Å². The topological polar surface area (TPSA) is 64.7 Å². The Balaban J connectivity index is 2.39. The second kappa shape index (κ2) is 5.35. The summed E-state index contributed by atoms with van der Waals surface area (Å²) in [4.78, 5) is 12.6. The molecule has 5 heteroatoms. The van der Waals surface area contributed by atoms with Crippen LogP contribution in [-0.4, -0.2) is 21.2 Å². The van der Waals surface area contributed by atoms with Gasteiger partial charge in [-0.1, -0.05) is 49.9 Å². The first-order valence-electron chi connectivity index (χ1n) is 5.76. The Morgan fingerprint density at radius 1 is 1.06 bits per heavy atom. The zero-order chi connectivity index (χ0) is 13.1. The Bertz CT molecular complexity index is 537. The minimum absolute atomic E-state index is 0.261. The maximum atomic E-state index is 5.67. The molecule has 4 nitrogen and oxygen atoms in total. The fourth-order valence-electron chi connectivity index (χ4n) is 1.61. The number of nitrogen functional groups attached to an aromatic ring is 1. The van der Waals surface area contributed by atoms with E-state index in [1.807, 2.05) is 18.4 Å². The maximum absolute atomic E-state index is 5.67. The number of thioether (sulfide) groups is 1. The highest BCUT2D eigenvalue weighted by Crippen LogP contribution is 2.21. The van der Waals surface area contributed by atoms with E-state index in [0.717, 1.165) is 5.56 Å². The third-order valence-corrected chi connectivity index (χ3v) is 3.20. The van der Waals surface area contributed by atoms with Crippen LogP contribution < -0.4 is 5.73 Å². The molecule has 0 aliphatic carbocycles. The third kappa shape index (κ3) is 2.79. The number of benzene rings is 1. The lowest BCUT2D eigenvalue weighted by atomic mass is 10.0. The van der Waals surface area contributed by atoms with E-state index in [0.29, 0.717) is 16.9 Å². The fraction of sp³-hybridized carbons (Fsp3) is 0.308. The molecule has 0 aliphatic heterocycles. The molecule has 2 rings (SSSR count). The van der Waals surface area contributed by atoms with Crippen molar-refractivity contribution in [3.63, 3.8) is 0 Å². The summed E-state index contributed by atoms with van der Waals surface area (Å²) in [5, 5.41) is 0.644. The summed E-state index contributed by atoms with van der Waals surface area (Å²) in [5.41, 5.74) is 7.93. The van der Waals surface area contributed by atoms with Crippen LogP contribution in [-0.2, 0) is 0 Å². The molecular weight excluding hydrogens is 244 g/mol. The van der Waals surface area contributed by atoms with Gasteiger partial charge in [-0.05, 0) is 17.7 Å². The van der Waals surface area contributed by atoms with Gasteiger partial charge in [0.15, 0.2) is 11.0 Å². The average Bonchev–Trinajstić information content (AvgIpc) is 2.38. The third-order valence-electron chi connectivity index (χ3n) is 2.65. The Labute approximate surface area is 111 Å². The molecule has 0 amide bonds. The van der Waals surface area contributed by atoms with E-state index < -0.39 is 0 Å². The van der Waals surface area contributed by atoms with Crippen LogP contribution in [0.1, 0.15) is 25.3 Å². The lowest BCUT2D eigenvalue weighted by Crippen LogP contribution is -2.01. The summed E-state index contributed by atoms with van der Waals surface area (Å²) in [6, 6.07) is 8.24. The minimum Gasteiger partial charge on any atom is -0.368 e. The quantitative estimate of drug-likeness (QED) is 0.859. The Hall–Kier alpha value is -1.62. The van der Waals surface area contributed by atoms with E-state index in [2.05, 4.69) is 40.9 Å². The number of hydrogen-bond acceptors (Lipinski definition) is 5. The van der Waals surface area contributed by atoms with E-state index in [1.54, 1.807) is 0 Å². The van der Waals surface area contributed by atoms with Gasteiger partial charge in [0, 0.05) is 5.56 Å². The molecule has 2 N–H and O–H groups in total. The van der Waals surface area contributed by atoms with Crippen molar-refractivity contribution < 1.29 is 0 Å². The lowest BCUT2D eigenvalue weighted by molar-refractivity contribution is 0.866. The standard InChI is InChI=1S/C13H16N4S/c1-8(2)9-4-6-10(7-5-9)11-15-12(14)17-13(16-11)18-3/h4-8H,1-3H3,(H2,14,15,16,17). The van der Waals surface area contributed by atoms with Gasteiger partial charge >= 0.3 is 0 Å².